The van der Waals surface area contributed by atoms with E-state index in [0.717, 1.165) is 32.6 Å². The molecule has 148 valence electrons. The highest BCUT2D eigenvalue weighted by molar-refractivity contribution is 6.11. The van der Waals surface area contributed by atoms with E-state index in [9.17, 15) is 10.2 Å². The predicted octanol–water partition coefficient (Wildman–Crippen LogP) is 6.41. The average molecular weight is 402 g/mol. The second kappa shape index (κ2) is 6.61. The highest BCUT2D eigenvalue weighted by atomic mass is 16.3. The minimum atomic E-state index is 0.105. The Kier molecular flexibility index (Phi) is 3.74. The number of hydrogen-bond acceptors (Lipinski definition) is 3. The van der Waals surface area contributed by atoms with Crippen molar-refractivity contribution >= 4 is 32.6 Å². The summed E-state index contributed by atoms with van der Waals surface area (Å²) < 4.78 is 1.89. The number of nitrogens with zero attached hydrogens (tertiary/aromatic N) is 2. The summed E-state index contributed by atoms with van der Waals surface area (Å²) in [6.45, 7) is 0. The Hall–Kier alpha value is -4.31. The number of rotatable bonds is 2. The van der Waals surface area contributed by atoms with Crippen LogP contribution in [0, 0.1) is 0 Å². The lowest BCUT2D eigenvalue weighted by molar-refractivity contribution is 0.469. The normalized spacial score (nSPS) is 11.5. The third kappa shape index (κ3) is 2.58. The SMILES string of the molecule is Oc1ccc2ccccc2c1-c1c(O)c(-n2cnc3ccccc32)cc2ccccc12. The Morgan fingerprint density at radius 2 is 1.32 bits per heavy atom. The highest BCUT2D eigenvalue weighted by Gasteiger charge is 2.21. The number of phenols is 2. The van der Waals surface area contributed by atoms with Crippen molar-refractivity contribution in [1.29, 1.82) is 0 Å². The quantitative estimate of drug-likeness (QED) is 0.352. The van der Waals surface area contributed by atoms with Gasteiger partial charge in [0.05, 0.1) is 16.7 Å². The van der Waals surface area contributed by atoms with Crippen molar-refractivity contribution in [2.24, 2.45) is 0 Å². The van der Waals surface area contributed by atoms with Crippen molar-refractivity contribution in [3.8, 4) is 28.3 Å². The first-order valence-corrected chi connectivity index (χ1v) is 10.1. The molecular formula is C27H18N2O2. The van der Waals surface area contributed by atoms with Crippen LogP contribution >= 0.6 is 0 Å². The van der Waals surface area contributed by atoms with E-state index in [4.69, 9.17) is 0 Å². The van der Waals surface area contributed by atoms with Crippen LogP contribution < -0.4 is 0 Å². The minimum absolute atomic E-state index is 0.105. The van der Waals surface area contributed by atoms with E-state index in [1.165, 1.54) is 0 Å². The van der Waals surface area contributed by atoms with Crippen molar-refractivity contribution < 1.29 is 10.2 Å². The van der Waals surface area contributed by atoms with Crippen molar-refractivity contribution in [3.05, 3.63) is 97.3 Å². The molecule has 5 aromatic carbocycles. The first-order valence-electron chi connectivity index (χ1n) is 10.1. The van der Waals surface area contributed by atoms with Crippen LogP contribution in [0.25, 0.3) is 49.4 Å². The Morgan fingerprint density at radius 1 is 0.645 bits per heavy atom. The lowest BCUT2D eigenvalue weighted by atomic mass is 9.91. The summed E-state index contributed by atoms with van der Waals surface area (Å²) >= 11 is 0. The third-order valence-corrected chi connectivity index (χ3v) is 5.87. The van der Waals surface area contributed by atoms with E-state index in [-0.39, 0.29) is 11.5 Å². The van der Waals surface area contributed by atoms with Gasteiger partial charge in [-0.2, -0.15) is 0 Å². The molecule has 0 radical (unpaired) electrons. The maximum absolute atomic E-state index is 11.6. The van der Waals surface area contributed by atoms with Gasteiger partial charge in [-0.3, -0.25) is 4.57 Å². The van der Waals surface area contributed by atoms with Crippen LogP contribution in [0.2, 0.25) is 0 Å². The highest BCUT2D eigenvalue weighted by Crippen LogP contribution is 2.47. The maximum atomic E-state index is 11.6. The summed E-state index contributed by atoms with van der Waals surface area (Å²) in [5.74, 6) is 0.236. The van der Waals surface area contributed by atoms with Crippen LogP contribution in [-0.2, 0) is 0 Å². The van der Waals surface area contributed by atoms with E-state index < -0.39 is 0 Å². The molecule has 1 aromatic heterocycles. The molecule has 0 bridgehead atoms. The van der Waals surface area contributed by atoms with E-state index in [1.54, 1.807) is 12.4 Å². The van der Waals surface area contributed by atoms with Crippen molar-refractivity contribution in [3.63, 3.8) is 0 Å². The maximum Gasteiger partial charge on any atom is 0.148 e. The van der Waals surface area contributed by atoms with Crippen molar-refractivity contribution in [1.82, 2.24) is 9.55 Å². The van der Waals surface area contributed by atoms with Gasteiger partial charge in [-0.25, -0.2) is 4.98 Å². The van der Waals surface area contributed by atoms with Crippen LogP contribution in [0.5, 0.6) is 11.5 Å². The largest absolute Gasteiger partial charge is 0.507 e. The fraction of sp³-hybridized carbons (Fsp3) is 0. The van der Waals surface area contributed by atoms with Crippen molar-refractivity contribution in [2.75, 3.05) is 0 Å². The molecule has 31 heavy (non-hydrogen) atoms. The number of imidazole rings is 1. The molecule has 0 spiro atoms. The molecule has 0 unspecified atom stereocenters. The smallest absolute Gasteiger partial charge is 0.148 e. The standard InChI is InChI=1S/C27H18N2O2/c30-24-14-13-17-7-1-3-9-19(17)25(24)26-20-10-4-2-8-18(20)15-23(27(26)31)29-16-28-21-11-5-6-12-22(21)29/h1-16,30-31H. The van der Waals surface area contributed by atoms with Crippen LogP contribution in [0.4, 0.5) is 0 Å². The molecule has 4 heteroatoms. The van der Waals surface area contributed by atoms with E-state index >= 15 is 0 Å². The molecule has 0 saturated carbocycles. The Balaban J connectivity index is 1.78. The summed E-state index contributed by atoms with van der Waals surface area (Å²) in [5.41, 5.74) is 3.61. The number of benzene rings is 5. The van der Waals surface area contributed by atoms with Gasteiger partial charge in [0, 0.05) is 11.1 Å². The molecule has 4 nitrogen and oxygen atoms in total. The first-order chi connectivity index (χ1) is 15.2. The molecule has 6 aromatic rings. The van der Waals surface area contributed by atoms with Gasteiger partial charge in [0.25, 0.3) is 0 Å². The Morgan fingerprint density at radius 3 is 2.16 bits per heavy atom. The van der Waals surface area contributed by atoms with Crippen LogP contribution in [0.1, 0.15) is 0 Å². The summed E-state index contributed by atoms with van der Waals surface area (Å²) in [6, 6.07) is 29.2. The molecule has 6 rings (SSSR count). The van der Waals surface area contributed by atoms with Gasteiger partial charge in [0.1, 0.15) is 17.8 Å². The zero-order valence-corrected chi connectivity index (χ0v) is 16.5. The molecule has 0 fully saturated rings. The van der Waals surface area contributed by atoms with Gasteiger partial charge in [-0.05, 0) is 45.8 Å². The summed E-state index contributed by atoms with van der Waals surface area (Å²) in [6.07, 6.45) is 1.72. The van der Waals surface area contributed by atoms with Gasteiger partial charge < -0.3 is 10.2 Å². The zero-order chi connectivity index (χ0) is 20.9. The Bertz CT molecular complexity index is 1620. The van der Waals surface area contributed by atoms with Gasteiger partial charge in [-0.1, -0.05) is 66.7 Å². The molecule has 0 aliphatic carbocycles. The molecule has 0 saturated heterocycles. The van der Waals surface area contributed by atoms with Crippen LogP contribution in [0.15, 0.2) is 97.3 Å². The summed E-state index contributed by atoms with van der Waals surface area (Å²) in [7, 11) is 0. The molecule has 0 atom stereocenters. The summed E-state index contributed by atoms with van der Waals surface area (Å²) in [5, 5.41) is 26.2. The second-order valence-corrected chi connectivity index (χ2v) is 7.62. The lowest BCUT2D eigenvalue weighted by Gasteiger charge is -2.17. The number of phenolic OH excluding ortho intramolecular Hbond substituents is 2. The van der Waals surface area contributed by atoms with Crippen LogP contribution in [-0.4, -0.2) is 19.8 Å². The topological polar surface area (TPSA) is 58.3 Å². The Labute approximate surface area is 178 Å². The predicted molar refractivity (Wildman–Crippen MR) is 125 cm³/mol. The molecule has 0 aliphatic rings. The third-order valence-electron chi connectivity index (χ3n) is 5.87. The van der Waals surface area contributed by atoms with E-state index in [1.807, 2.05) is 89.5 Å². The van der Waals surface area contributed by atoms with E-state index in [0.29, 0.717) is 16.8 Å². The van der Waals surface area contributed by atoms with Gasteiger partial charge in [-0.15, -0.1) is 0 Å². The van der Waals surface area contributed by atoms with Crippen LogP contribution in [0.3, 0.4) is 0 Å². The zero-order valence-electron chi connectivity index (χ0n) is 16.5. The second-order valence-electron chi connectivity index (χ2n) is 7.62. The fourth-order valence-electron chi connectivity index (χ4n) is 4.43. The minimum Gasteiger partial charge on any atom is -0.507 e. The molecular weight excluding hydrogens is 384 g/mol. The molecule has 0 aliphatic heterocycles. The van der Waals surface area contributed by atoms with E-state index in [2.05, 4.69) is 4.98 Å². The molecule has 0 amide bonds. The first kappa shape index (κ1) is 17.5. The number of aromatic nitrogens is 2. The van der Waals surface area contributed by atoms with Crippen molar-refractivity contribution in [2.45, 2.75) is 0 Å². The van der Waals surface area contributed by atoms with Gasteiger partial charge in [0.2, 0.25) is 0 Å². The number of hydrogen-bond donors (Lipinski definition) is 2. The summed E-state index contributed by atoms with van der Waals surface area (Å²) in [4.78, 5) is 4.49. The molecule has 2 N–H and O–H groups in total. The number of para-hydroxylation sites is 2. The monoisotopic (exact) mass is 402 g/mol. The fourth-order valence-corrected chi connectivity index (χ4v) is 4.43. The van der Waals surface area contributed by atoms with Gasteiger partial charge in [0.15, 0.2) is 0 Å². The average Bonchev–Trinajstić information content (AvgIpc) is 3.23. The molecule has 1 heterocycles. The lowest BCUT2D eigenvalue weighted by Crippen LogP contribution is -1.96. The number of aromatic hydroxyl groups is 2. The number of fused-ring (bicyclic) bond motifs is 3. The van der Waals surface area contributed by atoms with Gasteiger partial charge >= 0.3 is 0 Å².